The molecule has 8 heteroatoms. The molecule has 0 bridgehead atoms. The first-order valence-electron chi connectivity index (χ1n) is 5.93. The van der Waals surface area contributed by atoms with E-state index in [0.717, 1.165) is 17.8 Å². The van der Waals surface area contributed by atoms with Crippen LogP contribution in [0.4, 0.5) is 18.9 Å². The molecule has 0 saturated heterocycles. The van der Waals surface area contributed by atoms with Gasteiger partial charge in [-0.05, 0) is 38.3 Å². The van der Waals surface area contributed by atoms with Crippen LogP contribution in [0.2, 0.25) is 0 Å². The first-order valence-corrected chi connectivity index (χ1v) is 7.16. The molecule has 0 aromatic heterocycles. The van der Waals surface area contributed by atoms with Crippen molar-refractivity contribution >= 4 is 22.6 Å². The van der Waals surface area contributed by atoms with Gasteiger partial charge in [0.25, 0.3) is 0 Å². The third-order valence-corrected chi connectivity index (χ3v) is 2.80. The maximum absolute atomic E-state index is 13.0. The molecule has 1 aromatic rings. The van der Waals surface area contributed by atoms with Gasteiger partial charge < -0.3 is 4.74 Å². The molecule has 0 spiro atoms. The predicted molar refractivity (Wildman–Crippen MR) is 76.6 cm³/mol. The molecule has 0 unspecified atom stereocenters. The molecule has 1 rings (SSSR count). The minimum Gasteiger partial charge on any atom is -0.490 e. The smallest absolute Gasteiger partial charge is 0.420 e. The molecule has 0 radical (unpaired) electrons. The van der Waals surface area contributed by atoms with Crippen molar-refractivity contribution in [2.45, 2.75) is 26.1 Å². The molecule has 0 atom stereocenters. The lowest BCUT2D eigenvalue weighted by atomic mass is 10.1. The van der Waals surface area contributed by atoms with Crippen LogP contribution in [0.3, 0.4) is 0 Å². The van der Waals surface area contributed by atoms with Crippen LogP contribution < -0.4 is 10.1 Å². The highest BCUT2D eigenvalue weighted by atomic mass is 32.2. The number of nitriles is 1. The van der Waals surface area contributed by atoms with Crippen molar-refractivity contribution in [1.82, 2.24) is 5.32 Å². The van der Waals surface area contributed by atoms with E-state index < -0.39 is 11.7 Å². The average Bonchev–Trinajstić information content (AvgIpc) is 2.38. The van der Waals surface area contributed by atoms with Crippen molar-refractivity contribution in [2.24, 2.45) is 4.99 Å². The number of amidine groups is 1. The first kappa shape index (κ1) is 17.2. The Labute approximate surface area is 125 Å². The average molecular weight is 317 g/mol. The number of thioether (sulfide) groups is 1. The van der Waals surface area contributed by atoms with E-state index in [1.54, 1.807) is 26.3 Å². The van der Waals surface area contributed by atoms with Crippen LogP contribution in [-0.2, 0) is 6.18 Å². The predicted octanol–water partition coefficient (Wildman–Crippen LogP) is 3.91. The molecule has 1 N–H and O–H groups in total. The Morgan fingerprint density at radius 2 is 2.10 bits per heavy atom. The Kier molecular flexibility index (Phi) is 5.90. The minimum absolute atomic E-state index is 0.0885. The lowest BCUT2D eigenvalue weighted by molar-refractivity contribution is -0.139. The molecule has 0 heterocycles. The van der Waals surface area contributed by atoms with Crippen LogP contribution in [0, 0.1) is 11.5 Å². The topological polar surface area (TPSA) is 57.4 Å². The molecule has 4 nitrogen and oxygen atoms in total. The number of hydrogen-bond donors (Lipinski definition) is 1. The normalized spacial score (nSPS) is 12.2. The van der Waals surface area contributed by atoms with Crippen LogP contribution in [0.1, 0.15) is 19.4 Å². The zero-order valence-electron chi connectivity index (χ0n) is 11.7. The van der Waals surface area contributed by atoms with Gasteiger partial charge in [-0.25, -0.2) is 4.99 Å². The second-order valence-corrected chi connectivity index (χ2v) is 5.00. The zero-order chi connectivity index (χ0) is 16.0. The summed E-state index contributed by atoms with van der Waals surface area (Å²) in [6.07, 6.45) is -1.59. The van der Waals surface area contributed by atoms with Crippen molar-refractivity contribution in [1.29, 1.82) is 5.26 Å². The second-order valence-electron chi connectivity index (χ2n) is 4.20. The molecule has 114 valence electrons. The first-order chi connectivity index (χ1) is 9.77. The Bertz CT molecular complexity index is 565. The van der Waals surface area contributed by atoms with E-state index in [2.05, 4.69) is 10.3 Å². The van der Waals surface area contributed by atoms with Gasteiger partial charge in [-0.1, -0.05) is 11.8 Å². The van der Waals surface area contributed by atoms with E-state index in [0.29, 0.717) is 0 Å². The second kappa shape index (κ2) is 7.22. The summed E-state index contributed by atoms with van der Waals surface area (Å²) in [7, 11) is 0. The number of rotatable bonds is 3. The van der Waals surface area contributed by atoms with E-state index >= 15 is 0 Å². The van der Waals surface area contributed by atoms with Crippen molar-refractivity contribution in [2.75, 3.05) is 6.26 Å². The summed E-state index contributed by atoms with van der Waals surface area (Å²) in [5.41, 5.74) is -0.805. The molecule has 0 fully saturated rings. The summed E-state index contributed by atoms with van der Waals surface area (Å²) in [5, 5.41) is 11.0. The molecule has 21 heavy (non-hydrogen) atoms. The number of nitrogens with one attached hydrogen (secondary N) is 1. The van der Waals surface area contributed by atoms with E-state index in [-0.39, 0.29) is 22.7 Å². The zero-order valence-corrected chi connectivity index (χ0v) is 12.5. The van der Waals surface area contributed by atoms with Gasteiger partial charge in [-0.2, -0.15) is 18.4 Å². The van der Waals surface area contributed by atoms with E-state index in [1.807, 2.05) is 0 Å². The van der Waals surface area contributed by atoms with Crippen LogP contribution in [0.15, 0.2) is 23.2 Å². The number of halogens is 3. The summed E-state index contributed by atoms with van der Waals surface area (Å²) in [6, 6.07) is 3.53. The SMILES string of the molecule is CSC(=Nc1ccc(OC(C)C)c(C(F)(F)F)c1)NC#N. The number of ether oxygens (including phenoxy) is 1. The van der Waals surface area contributed by atoms with Gasteiger partial charge in [0.05, 0.1) is 17.4 Å². The van der Waals surface area contributed by atoms with Crippen LogP contribution in [-0.4, -0.2) is 17.5 Å². The Balaban J connectivity index is 3.25. The van der Waals surface area contributed by atoms with Crippen LogP contribution in [0.25, 0.3) is 0 Å². The van der Waals surface area contributed by atoms with Gasteiger partial charge in [0.2, 0.25) is 0 Å². The third-order valence-electron chi connectivity index (χ3n) is 2.22. The summed E-state index contributed by atoms with van der Waals surface area (Å²) < 4.78 is 44.3. The van der Waals surface area contributed by atoms with Crippen molar-refractivity contribution < 1.29 is 17.9 Å². The highest BCUT2D eigenvalue weighted by Gasteiger charge is 2.35. The van der Waals surface area contributed by atoms with Gasteiger partial charge in [0, 0.05) is 0 Å². The van der Waals surface area contributed by atoms with E-state index in [9.17, 15) is 13.2 Å². The van der Waals surface area contributed by atoms with E-state index in [1.165, 1.54) is 12.1 Å². The maximum Gasteiger partial charge on any atom is 0.420 e. The number of alkyl halides is 3. The monoisotopic (exact) mass is 317 g/mol. The maximum atomic E-state index is 13.0. The molecule has 1 aromatic carbocycles. The van der Waals surface area contributed by atoms with Crippen LogP contribution >= 0.6 is 11.8 Å². The van der Waals surface area contributed by atoms with Crippen LogP contribution in [0.5, 0.6) is 5.75 Å². The third kappa shape index (κ3) is 5.19. The minimum atomic E-state index is -4.54. The van der Waals surface area contributed by atoms with Crippen molar-refractivity contribution in [3.63, 3.8) is 0 Å². The van der Waals surface area contributed by atoms with Gasteiger partial charge in [0.1, 0.15) is 5.75 Å². The lowest BCUT2D eigenvalue weighted by Gasteiger charge is -2.16. The number of hydrogen-bond acceptors (Lipinski definition) is 4. The van der Waals surface area contributed by atoms with Gasteiger partial charge in [-0.15, -0.1) is 0 Å². The fourth-order valence-electron chi connectivity index (χ4n) is 1.46. The number of nitrogens with zero attached hydrogens (tertiary/aromatic N) is 2. The summed E-state index contributed by atoms with van der Waals surface area (Å²) >= 11 is 1.12. The molecular formula is C13H14F3N3OS. The summed E-state index contributed by atoms with van der Waals surface area (Å²) in [6.45, 7) is 3.30. The Hall–Kier alpha value is -1.88. The molecule has 0 amide bonds. The standard InChI is InChI=1S/C13H14F3N3OS/c1-8(2)20-11-5-4-9(6-10(11)13(14,15)16)19-12(21-3)18-7-17/h4-6,8H,1-3H3,(H,18,19). The van der Waals surface area contributed by atoms with E-state index in [4.69, 9.17) is 10.00 Å². The van der Waals surface area contributed by atoms with Gasteiger partial charge >= 0.3 is 6.18 Å². The fraction of sp³-hybridized carbons (Fsp3) is 0.385. The Morgan fingerprint density at radius 3 is 2.57 bits per heavy atom. The van der Waals surface area contributed by atoms with Gasteiger partial charge in [0.15, 0.2) is 11.4 Å². The molecule has 0 saturated carbocycles. The largest absolute Gasteiger partial charge is 0.490 e. The summed E-state index contributed by atoms with van der Waals surface area (Å²) in [5.74, 6) is -0.240. The Morgan fingerprint density at radius 1 is 1.43 bits per heavy atom. The fourth-order valence-corrected chi connectivity index (χ4v) is 1.80. The number of benzene rings is 1. The summed E-state index contributed by atoms with van der Waals surface area (Å²) in [4.78, 5) is 3.95. The highest BCUT2D eigenvalue weighted by molar-refractivity contribution is 8.13. The molecule has 0 aliphatic carbocycles. The number of aliphatic imine (C=N–C) groups is 1. The molecular weight excluding hydrogens is 303 g/mol. The van der Waals surface area contributed by atoms with Crippen molar-refractivity contribution in [3.8, 4) is 11.9 Å². The van der Waals surface area contributed by atoms with Gasteiger partial charge in [-0.3, -0.25) is 5.32 Å². The highest BCUT2D eigenvalue weighted by Crippen LogP contribution is 2.39. The molecule has 0 aliphatic heterocycles. The molecule has 0 aliphatic rings. The lowest BCUT2D eigenvalue weighted by Crippen LogP contribution is -2.14. The van der Waals surface area contributed by atoms with Crippen molar-refractivity contribution in [3.05, 3.63) is 23.8 Å². The quantitative estimate of drug-likeness (QED) is 0.397.